The van der Waals surface area contributed by atoms with Gasteiger partial charge in [-0.1, -0.05) is 20.3 Å². The first-order valence-electron chi connectivity index (χ1n) is 8.50. The fraction of sp³-hybridized carbons (Fsp3) is 0.812. The van der Waals surface area contributed by atoms with Crippen molar-refractivity contribution < 1.29 is 4.79 Å². The first-order valence-corrected chi connectivity index (χ1v) is 8.50. The van der Waals surface area contributed by atoms with Crippen molar-refractivity contribution >= 4 is 6.03 Å². The molecule has 1 saturated carbocycles. The number of nitrogens with zero attached hydrogens (tertiary/aromatic N) is 4. The molecule has 0 unspecified atom stereocenters. The van der Waals surface area contributed by atoms with Crippen molar-refractivity contribution in [3.63, 3.8) is 0 Å². The second kappa shape index (κ2) is 6.26. The first-order chi connectivity index (χ1) is 10.6. The van der Waals surface area contributed by atoms with Crippen LogP contribution < -0.4 is 5.32 Å². The summed E-state index contributed by atoms with van der Waals surface area (Å²) < 4.78 is 2.18. The Kier molecular flexibility index (Phi) is 4.36. The number of fused-ring (bicyclic) bond motifs is 1. The van der Waals surface area contributed by atoms with Gasteiger partial charge in [0, 0.05) is 26.6 Å². The predicted octanol–water partition coefficient (Wildman–Crippen LogP) is 2.36. The van der Waals surface area contributed by atoms with Crippen molar-refractivity contribution in [1.29, 1.82) is 0 Å². The normalized spacial score (nSPS) is 18.9. The van der Waals surface area contributed by atoms with Crippen LogP contribution in [0.25, 0.3) is 0 Å². The standard InChI is InChI=1S/C16H27N5O/c1-11(2)14(15-19-18-13-8-5-9-21(13)15)17-16(22)20(3)10-12-6-4-7-12/h11-12,14H,4-10H2,1-3H3,(H,17,22)/t14-/m1/s1. The Morgan fingerprint density at radius 3 is 2.77 bits per heavy atom. The smallest absolute Gasteiger partial charge is 0.317 e. The zero-order chi connectivity index (χ0) is 15.7. The molecule has 122 valence electrons. The third kappa shape index (κ3) is 2.96. The highest BCUT2D eigenvalue weighted by Gasteiger charge is 2.29. The summed E-state index contributed by atoms with van der Waals surface area (Å²) in [7, 11) is 1.89. The molecule has 2 heterocycles. The van der Waals surface area contributed by atoms with Crippen molar-refractivity contribution in [3.8, 4) is 0 Å². The van der Waals surface area contributed by atoms with Crippen LogP contribution in [0, 0.1) is 11.8 Å². The molecule has 1 aromatic heterocycles. The Balaban J connectivity index is 1.67. The van der Waals surface area contributed by atoms with Gasteiger partial charge < -0.3 is 14.8 Å². The van der Waals surface area contributed by atoms with Crippen molar-refractivity contribution in [2.24, 2.45) is 11.8 Å². The molecular weight excluding hydrogens is 278 g/mol. The summed E-state index contributed by atoms with van der Waals surface area (Å²) in [5.41, 5.74) is 0. The summed E-state index contributed by atoms with van der Waals surface area (Å²) >= 11 is 0. The fourth-order valence-corrected chi connectivity index (χ4v) is 3.32. The van der Waals surface area contributed by atoms with Gasteiger partial charge in [-0.15, -0.1) is 10.2 Å². The van der Waals surface area contributed by atoms with Gasteiger partial charge in [0.2, 0.25) is 0 Å². The van der Waals surface area contributed by atoms with Crippen LogP contribution in [0.15, 0.2) is 0 Å². The van der Waals surface area contributed by atoms with E-state index in [1.165, 1.54) is 19.3 Å². The van der Waals surface area contributed by atoms with E-state index in [0.29, 0.717) is 5.92 Å². The van der Waals surface area contributed by atoms with Crippen LogP contribution in [-0.4, -0.2) is 39.3 Å². The zero-order valence-electron chi connectivity index (χ0n) is 13.9. The van der Waals surface area contributed by atoms with E-state index in [9.17, 15) is 4.79 Å². The quantitative estimate of drug-likeness (QED) is 0.908. The Labute approximate surface area is 132 Å². The molecular formula is C16H27N5O. The van der Waals surface area contributed by atoms with Crippen molar-refractivity contribution in [1.82, 2.24) is 25.0 Å². The molecule has 22 heavy (non-hydrogen) atoms. The number of amides is 2. The number of carbonyl (C=O) groups is 1. The lowest BCUT2D eigenvalue weighted by Gasteiger charge is -2.31. The Morgan fingerprint density at radius 2 is 2.14 bits per heavy atom. The molecule has 1 N–H and O–H groups in total. The minimum atomic E-state index is -0.0734. The van der Waals surface area contributed by atoms with Crippen LogP contribution in [0.5, 0.6) is 0 Å². The SMILES string of the molecule is CC(C)[C@@H](NC(=O)N(C)CC1CCC1)c1nnc2n1CCC2. The molecule has 2 amide bonds. The summed E-state index contributed by atoms with van der Waals surface area (Å²) in [6, 6.07) is -0.0726. The van der Waals surface area contributed by atoms with Crippen LogP contribution in [-0.2, 0) is 13.0 Å². The summed E-state index contributed by atoms with van der Waals surface area (Å²) in [6.45, 7) is 6.06. The number of rotatable bonds is 5. The topological polar surface area (TPSA) is 63.1 Å². The van der Waals surface area contributed by atoms with Crippen LogP contribution in [0.1, 0.15) is 57.2 Å². The molecule has 0 saturated heterocycles. The molecule has 0 radical (unpaired) electrons. The van der Waals surface area contributed by atoms with E-state index in [-0.39, 0.29) is 18.0 Å². The monoisotopic (exact) mass is 305 g/mol. The largest absolute Gasteiger partial charge is 0.328 e. The summed E-state index contributed by atoms with van der Waals surface area (Å²) in [6.07, 6.45) is 5.93. The summed E-state index contributed by atoms with van der Waals surface area (Å²) in [5, 5.41) is 11.8. The third-order valence-corrected chi connectivity index (χ3v) is 4.97. The number of aromatic nitrogens is 3. The van der Waals surface area contributed by atoms with Crippen LogP contribution in [0.2, 0.25) is 0 Å². The highest BCUT2D eigenvalue weighted by molar-refractivity contribution is 5.74. The number of aryl methyl sites for hydroxylation is 1. The zero-order valence-corrected chi connectivity index (χ0v) is 13.9. The number of hydrogen-bond acceptors (Lipinski definition) is 3. The van der Waals surface area contributed by atoms with E-state index in [0.717, 1.165) is 37.6 Å². The Bertz CT molecular complexity index is 535. The average Bonchev–Trinajstić information content (AvgIpc) is 3.02. The van der Waals surface area contributed by atoms with Crippen molar-refractivity contribution in [3.05, 3.63) is 11.6 Å². The summed E-state index contributed by atoms with van der Waals surface area (Å²) in [4.78, 5) is 14.3. The number of carbonyl (C=O) groups excluding carboxylic acids is 1. The minimum Gasteiger partial charge on any atom is -0.328 e. The maximum Gasteiger partial charge on any atom is 0.317 e. The van der Waals surface area contributed by atoms with Crippen LogP contribution in [0.3, 0.4) is 0 Å². The molecule has 6 nitrogen and oxygen atoms in total. The Hall–Kier alpha value is -1.59. The Morgan fingerprint density at radius 1 is 1.36 bits per heavy atom. The predicted molar refractivity (Wildman–Crippen MR) is 84.4 cm³/mol. The molecule has 0 aromatic carbocycles. The number of hydrogen-bond donors (Lipinski definition) is 1. The molecule has 1 atom stereocenters. The van der Waals surface area contributed by atoms with Crippen LogP contribution >= 0.6 is 0 Å². The van der Waals surface area contributed by atoms with Gasteiger partial charge >= 0.3 is 6.03 Å². The first kappa shape index (κ1) is 15.3. The maximum absolute atomic E-state index is 12.5. The van der Waals surface area contributed by atoms with Gasteiger partial charge in [0.25, 0.3) is 0 Å². The van der Waals surface area contributed by atoms with E-state index >= 15 is 0 Å². The lowest BCUT2D eigenvalue weighted by atomic mass is 9.85. The average molecular weight is 305 g/mol. The van der Waals surface area contributed by atoms with Gasteiger partial charge in [0.05, 0.1) is 6.04 Å². The minimum absolute atomic E-state index is 0.000877. The van der Waals surface area contributed by atoms with Gasteiger partial charge in [0.1, 0.15) is 5.82 Å². The van der Waals surface area contributed by atoms with E-state index in [1.807, 2.05) is 11.9 Å². The molecule has 1 aliphatic heterocycles. The highest BCUT2D eigenvalue weighted by atomic mass is 16.2. The van der Waals surface area contributed by atoms with Gasteiger partial charge in [-0.2, -0.15) is 0 Å². The van der Waals surface area contributed by atoms with Crippen LogP contribution in [0.4, 0.5) is 4.79 Å². The van der Waals surface area contributed by atoms with Gasteiger partial charge in [-0.3, -0.25) is 0 Å². The van der Waals surface area contributed by atoms with Gasteiger partial charge in [0.15, 0.2) is 5.82 Å². The van der Waals surface area contributed by atoms with Crippen molar-refractivity contribution in [2.45, 2.75) is 58.5 Å². The van der Waals surface area contributed by atoms with Gasteiger partial charge in [-0.05, 0) is 31.1 Å². The fourth-order valence-electron chi connectivity index (χ4n) is 3.32. The molecule has 0 bridgehead atoms. The van der Waals surface area contributed by atoms with E-state index < -0.39 is 0 Å². The number of urea groups is 1. The van der Waals surface area contributed by atoms with Crippen molar-refractivity contribution in [2.75, 3.05) is 13.6 Å². The lowest BCUT2D eigenvalue weighted by Crippen LogP contribution is -2.44. The molecule has 1 aliphatic carbocycles. The van der Waals surface area contributed by atoms with E-state index in [1.54, 1.807) is 0 Å². The molecule has 1 aromatic rings. The highest BCUT2D eigenvalue weighted by Crippen LogP contribution is 2.27. The molecule has 3 rings (SSSR count). The second-order valence-corrected chi connectivity index (χ2v) is 7.08. The third-order valence-electron chi connectivity index (χ3n) is 4.97. The molecule has 6 heteroatoms. The second-order valence-electron chi connectivity index (χ2n) is 7.08. The number of nitrogens with one attached hydrogen (secondary N) is 1. The molecule has 1 fully saturated rings. The van der Waals surface area contributed by atoms with E-state index in [4.69, 9.17) is 0 Å². The van der Waals surface area contributed by atoms with E-state index in [2.05, 4.69) is 33.9 Å². The van der Waals surface area contributed by atoms with Gasteiger partial charge in [-0.25, -0.2) is 4.79 Å². The lowest BCUT2D eigenvalue weighted by molar-refractivity contribution is 0.175. The summed E-state index contributed by atoms with van der Waals surface area (Å²) in [5.74, 6) is 2.94. The molecule has 0 spiro atoms. The molecule has 2 aliphatic rings. The maximum atomic E-state index is 12.5.